The minimum absolute atomic E-state index is 0.584. The summed E-state index contributed by atoms with van der Waals surface area (Å²) >= 11 is 2.13. The Morgan fingerprint density at radius 2 is 2.22 bits per heavy atom. The summed E-state index contributed by atoms with van der Waals surface area (Å²) in [5, 5.41) is 0. The van der Waals surface area contributed by atoms with Gasteiger partial charge in [-0.2, -0.15) is 11.8 Å². The van der Waals surface area contributed by atoms with Crippen LogP contribution in [-0.2, 0) is 0 Å². The van der Waals surface area contributed by atoms with E-state index in [9.17, 15) is 0 Å². The Hall–Kier alpha value is 0.350. The quantitative estimate of drug-likeness (QED) is 0.545. The molecular formula is C8H16S. The monoisotopic (exact) mass is 144 g/mol. The van der Waals surface area contributed by atoms with Crippen molar-refractivity contribution in [2.45, 2.75) is 38.4 Å². The van der Waals surface area contributed by atoms with Crippen molar-refractivity contribution in [3.63, 3.8) is 0 Å². The lowest BCUT2D eigenvalue weighted by Crippen LogP contribution is -2.09. The van der Waals surface area contributed by atoms with Crippen molar-refractivity contribution < 1.29 is 0 Å². The van der Waals surface area contributed by atoms with Gasteiger partial charge in [-0.1, -0.05) is 27.2 Å². The van der Waals surface area contributed by atoms with Gasteiger partial charge < -0.3 is 0 Å². The van der Waals surface area contributed by atoms with Crippen LogP contribution in [0.1, 0.15) is 33.6 Å². The third-order valence-electron chi connectivity index (χ3n) is 2.07. The molecule has 1 heteroatoms. The van der Waals surface area contributed by atoms with Crippen LogP contribution in [0.5, 0.6) is 0 Å². The van der Waals surface area contributed by atoms with Gasteiger partial charge in [-0.15, -0.1) is 0 Å². The van der Waals surface area contributed by atoms with Gasteiger partial charge in [0.2, 0.25) is 0 Å². The van der Waals surface area contributed by atoms with Crippen molar-refractivity contribution >= 4 is 11.8 Å². The molecule has 1 aliphatic heterocycles. The van der Waals surface area contributed by atoms with Crippen molar-refractivity contribution in [2.24, 2.45) is 5.92 Å². The summed E-state index contributed by atoms with van der Waals surface area (Å²) in [5.74, 6) is 2.40. The molecule has 0 N–H and O–H groups in total. The summed E-state index contributed by atoms with van der Waals surface area (Å²) < 4.78 is 0.584. The van der Waals surface area contributed by atoms with E-state index in [1.165, 1.54) is 18.6 Å². The van der Waals surface area contributed by atoms with Crippen molar-refractivity contribution in [2.75, 3.05) is 5.75 Å². The number of rotatable bonds is 1. The first kappa shape index (κ1) is 7.46. The minimum Gasteiger partial charge on any atom is -0.155 e. The summed E-state index contributed by atoms with van der Waals surface area (Å²) in [5.41, 5.74) is 0. The van der Waals surface area contributed by atoms with Gasteiger partial charge in [0.05, 0.1) is 0 Å². The molecule has 0 aromatic rings. The minimum atomic E-state index is 0.584. The highest BCUT2D eigenvalue weighted by molar-refractivity contribution is 8.00. The largest absolute Gasteiger partial charge is 0.155 e. The normalized spacial score (nSPS) is 33.0. The lowest BCUT2D eigenvalue weighted by atomic mass is 9.97. The van der Waals surface area contributed by atoms with Crippen LogP contribution in [0.3, 0.4) is 0 Å². The van der Waals surface area contributed by atoms with Crippen LogP contribution in [0.25, 0.3) is 0 Å². The van der Waals surface area contributed by atoms with E-state index in [4.69, 9.17) is 0 Å². The van der Waals surface area contributed by atoms with Crippen LogP contribution in [0.2, 0.25) is 0 Å². The van der Waals surface area contributed by atoms with E-state index in [0.717, 1.165) is 5.92 Å². The maximum Gasteiger partial charge on any atom is 0.0106 e. The predicted molar refractivity (Wildman–Crippen MR) is 44.9 cm³/mol. The van der Waals surface area contributed by atoms with Crippen molar-refractivity contribution in [1.82, 2.24) is 0 Å². The standard InChI is InChI=1S/C8H16S/c1-4-7-5-8(2,3)9-6-7/h7H,4-6H2,1-3H3. The number of thioether (sulfide) groups is 1. The Morgan fingerprint density at radius 3 is 2.44 bits per heavy atom. The Balaban J connectivity index is 2.38. The fourth-order valence-electron chi connectivity index (χ4n) is 1.42. The van der Waals surface area contributed by atoms with Gasteiger partial charge in [0.15, 0.2) is 0 Å². The topological polar surface area (TPSA) is 0 Å². The highest BCUT2D eigenvalue weighted by Gasteiger charge is 2.29. The molecule has 1 fully saturated rings. The zero-order chi connectivity index (χ0) is 6.91. The molecule has 0 aliphatic carbocycles. The van der Waals surface area contributed by atoms with Gasteiger partial charge in [-0.25, -0.2) is 0 Å². The molecular weight excluding hydrogens is 128 g/mol. The van der Waals surface area contributed by atoms with Crippen LogP contribution >= 0.6 is 11.8 Å². The molecule has 1 rings (SSSR count). The molecule has 0 amide bonds. The second-order valence-electron chi connectivity index (χ2n) is 3.55. The molecule has 0 spiro atoms. The van der Waals surface area contributed by atoms with Crippen LogP contribution < -0.4 is 0 Å². The Morgan fingerprint density at radius 1 is 1.56 bits per heavy atom. The van der Waals surface area contributed by atoms with E-state index in [-0.39, 0.29) is 0 Å². The van der Waals surface area contributed by atoms with Gasteiger partial charge >= 0.3 is 0 Å². The van der Waals surface area contributed by atoms with E-state index < -0.39 is 0 Å². The van der Waals surface area contributed by atoms with Crippen LogP contribution in [0.15, 0.2) is 0 Å². The average molecular weight is 144 g/mol. The van der Waals surface area contributed by atoms with Crippen molar-refractivity contribution in [1.29, 1.82) is 0 Å². The van der Waals surface area contributed by atoms with E-state index >= 15 is 0 Å². The molecule has 0 radical (unpaired) electrons. The second kappa shape index (κ2) is 2.53. The molecule has 1 atom stereocenters. The van der Waals surface area contributed by atoms with Gasteiger partial charge in [0.1, 0.15) is 0 Å². The molecule has 1 saturated heterocycles. The second-order valence-corrected chi connectivity index (χ2v) is 5.28. The summed E-state index contributed by atoms with van der Waals surface area (Å²) in [4.78, 5) is 0. The molecule has 0 aromatic heterocycles. The maximum absolute atomic E-state index is 2.35. The van der Waals surface area contributed by atoms with Gasteiger partial charge in [-0.05, 0) is 18.1 Å². The average Bonchev–Trinajstić information content (AvgIpc) is 2.10. The molecule has 0 nitrogen and oxygen atoms in total. The molecule has 0 bridgehead atoms. The van der Waals surface area contributed by atoms with Crippen LogP contribution in [0.4, 0.5) is 0 Å². The van der Waals surface area contributed by atoms with Crippen molar-refractivity contribution in [3.05, 3.63) is 0 Å². The van der Waals surface area contributed by atoms with E-state index in [1.807, 2.05) is 0 Å². The SMILES string of the molecule is CCC1CSC(C)(C)C1. The molecule has 0 saturated carbocycles. The van der Waals surface area contributed by atoms with Gasteiger partial charge in [-0.3, -0.25) is 0 Å². The summed E-state index contributed by atoms with van der Waals surface area (Å²) in [7, 11) is 0. The molecule has 9 heavy (non-hydrogen) atoms. The first-order valence-corrected chi connectivity index (χ1v) is 4.76. The third-order valence-corrected chi connectivity index (χ3v) is 3.65. The zero-order valence-corrected chi connectivity index (χ0v) is 7.42. The number of hydrogen-bond donors (Lipinski definition) is 0. The maximum atomic E-state index is 2.35. The Labute approximate surface area is 62.4 Å². The molecule has 1 unspecified atom stereocenters. The predicted octanol–water partition coefficient (Wildman–Crippen LogP) is 2.93. The van der Waals surface area contributed by atoms with E-state index in [2.05, 4.69) is 32.5 Å². The first-order valence-electron chi connectivity index (χ1n) is 3.78. The van der Waals surface area contributed by atoms with Gasteiger partial charge in [0, 0.05) is 4.75 Å². The van der Waals surface area contributed by atoms with Crippen LogP contribution in [0, 0.1) is 5.92 Å². The fourth-order valence-corrected chi connectivity index (χ4v) is 2.81. The van der Waals surface area contributed by atoms with Crippen molar-refractivity contribution in [3.8, 4) is 0 Å². The molecule has 0 aromatic carbocycles. The smallest absolute Gasteiger partial charge is 0.0106 e. The first-order chi connectivity index (χ1) is 4.14. The summed E-state index contributed by atoms with van der Waals surface area (Å²) in [6, 6.07) is 0. The Bertz CT molecular complexity index is 96.7. The zero-order valence-electron chi connectivity index (χ0n) is 6.61. The molecule has 54 valence electrons. The highest BCUT2D eigenvalue weighted by atomic mass is 32.2. The lowest BCUT2D eigenvalue weighted by molar-refractivity contribution is 0.493. The van der Waals surface area contributed by atoms with Gasteiger partial charge in [0.25, 0.3) is 0 Å². The van der Waals surface area contributed by atoms with E-state index in [1.54, 1.807) is 0 Å². The highest BCUT2D eigenvalue weighted by Crippen LogP contribution is 2.41. The summed E-state index contributed by atoms with van der Waals surface area (Å²) in [6.45, 7) is 7.01. The molecule has 1 heterocycles. The number of hydrogen-bond acceptors (Lipinski definition) is 1. The van der Waals surface area contributed by atoms with E-state index in [0.29, 0.717) is 4.75 Å². The summed E-state index contributed by atoms with van der Waals surface area (Å²) in [6.07, 6.45) is 2.80. The lowest BCUT2D eigenvalue weighted by Gasteiger charge is -2.14. The molecule has 1 aliphatic rings. The third kappa shape index (κ3) is 1.89. The van der Waals surface area contributed by atoms with Crippen LogP contribution in [-0.4, -0.2) is 10.5 Å². The Kier molecular flexibility index (Phi) is 2.10. The fraction of sp³-hybridized carbons (Fsp3) is 1.00.